The Morgan fingerprint density at radius 1 is 0.750 bits per heavy atom. The van der Waals surface area contributed by atoms with Crippen LogP contribution >= 0.6 is 0 Å². The van der Waals surface area contributed by atoms with Gasteiger partial charge in [0.2, 0.25) is 0 Å². The molecule has 176 valence electrons. The van der Waals surface area contributed by atoms with Gasteiger partial charge < -0.3 is 4.74 Å². The van der Waals surface area contributed by atoms with E-state index in [1.54, 1.807) is 0 Å². The molecule has 1 aromatic heterocycles. The Labute approximate surface area is 196 Å². The monoisotopic (exact) mass is 436 g/mol. The maximum atomic E-state index is 6.13. The summed E-state index contributed by atoms with van der Waals surface area (Å²) in [6.45, 7) is 5.40. The lowest BCUT2D eigenvalue weighted by Gasteiger charge is -2.28. The fourth-order valence-corrected chi connectivity index (χ4v) is 4.85. The molecule has 3 heteroatoms. The number of hydrogen-bond acceptors (Lipinski definition) is 3. The highest BCUT2D eigenvalue weighted by Crippen LogP contribution is 2.32. The van der Waals surface area contributed by atoms with Crippen molar-refractivity contribution in [3.63, 3.8) is 0 Å². The van der Waals surface area contributed by atoms with Crippen LogP contribution in [0.2, 0.25) is 0 Å². The smallest absolute Gasteiger partial charge is 0.119 e. The summed E-state index contributed by atoms with van der Waals surface area (Å²) in [5.41, 5.74) is 3.14. The first-order valence-corrected chi connectivity index (χ1v) is 13.3. The van der Waals surface area contributed by atoms with E-state index >= 15 is 0 Å². The molecule has 1 aliphatic rings. The van der Waals surface area contributed by atoms with Crippen molar-refractivity contribution in [2.75, 3.05) is 6.61 Å². The van der Waals surface area contributed by atoms with Gasteiger partial charge in [0.25, 0.3) is 0 Å². The van der Waals surface area contributed by atoms with Gasteiger partial charge in [-0.15, -0.1) is 0 Å². The number of hydrogen-bond donors (Lipinski definition) is 0. The van der Waals surface area contributed by atoms with Gasteiger partial charge in [0.1, 0.15) is 5.75 Å². The van der Waals surface area contributed by atoms with E-state index in [9.17, 15) is 0 Å². The van der Waals surface area contributed by atoms with Crippen molar-refractivity contribution in [1.82, 2.24) is 9.97 Å². The molecule has 0 radical (unpaired) electrons. The zero-order valence-corrected chi connectivity index (χ0v) is 20.5. The highest BCUT2D eigenvalue weighted by molar-refractivity contribution is 5.58. The average Bonchev–Trinajstić information content (AvgIpc) is 2.84. The molecule has 3 nitrogen and oxygen atoms in total. The van der Waals surface area contributed by atoms with Crippen LogP contribution in [0.4, 0.5) is 0 Å². The van der Waals surface area contributed by atoms with Crippen molar-refractivity contribution in [2.24, 2.45) is 11.8 Å². The van der Waals surface area contributed by atoms with E-state index in [2.05, 4.69) is 48.1 Å². The summed E-state index contributed by atoms with van der Waals surface area (Å²) in [7, 11) is 0. The molecule has 0 spiro atoms. The Hall–Kier alpha value is -1.90. The first-order valence-electron chi connectivity index (χ1n) is 13.3. The summed E-state index contributed by atoms with van der Waals surface area (Å²) in [5.74, 6) is 2.65. The van der Waals surface area contributed by atoms with Gasteiger partial charge in [-0.1, -0.05) is 78.1 Å². The predicted octanol–water partition coefficient (Wildman–Crippen LogP) is 8.42. The Morgan fingerprint density at radius 3 is 2.12 bits per heavy atom. The van der Waals surface area contributed by atoms with Crippen LogP contribution < -0.4 is 4.74 Å². The minimum Gasteiger partial charge on any atom is -0.493 e. The fourth-order valence-electron chi connectivity index (χ4n) is 4.85. The molecule has 1 aromatic carbocycles. The molecule has 0 saturated heterocycles. The van der Waals surface area contributed by atoms with Crippen LogP contribution in [0.5, 0.6) is 5.75 Å². The number of aromatic nitrogens is 2. The highest BCUT2D eigenvalue weighted by Gasteiger charge is 2.21. The van der Waals surface area contributed by atoms with Crippen molar-refractivity contribution in [2.45, 2.75) is 104 Å². The van der Waals surface area contributed by atoms with Crippen molar-refractivity contribution in [1.29, 1.82) is 0 Å². The molecule has 1 aliphatic carbocycles. The Kier molecular flexibility index (Phi) is 11.0. The van der Waals surface area contributed by atoms with E-state index in [0.717, 1.165) is 47.6 Å². The molecular weight excluding hydrogens is 392 g/mol. The van der Waals surface area contributed by atoms with Gasteiger partial charge in [0.15, 0.2) is 0 Å². The minimum absolute atomic E-state index is 0.720. The lowest BCUT2D eigenvalue weighted by Crippen LogP contribution is -2.20. The zero-order chi connectivity index (χ0) is 22.4. The molecule has 0 amide bonds. The van der Waals surface area contributed by atoms with Crippen molar-refractivity contribution >= 4 is 0 Å². The highest BCUT2D eigenvalue weighted by atomic mass is 16.5. The second-order valence-corrected chi connectivity index (χ2v) is 9.78. The Bertz CT molecular complexity index is 733. The molecule has 3 rings (SSSR count). The van der Waals surface area contributed by atoms with Gasteiger partial charge in [-0.05, 0) is 61.8 Å². The van der Waals surface area contributed by atoms with Crippen LogP contribution in [0.3, 0.4) is 0 Å². The zero-order valence-electron chi connectivity index (χ0n) is 20.5. The number of benzene rings is 1. The number of ether oxygens (including phenoxy) is 1. The third-order valence-electron chi connectivity index (χ3n) is 7.06. The molecule has 0 bridgehead atoms. The summed E-state index contributed by atoms with van der Waals surface area (Å²) in [6, 6.07) is 8.37. The third-order valence-corrected chi connectivity index (χ3v) is 7.06. The summed E-state index contributed by atoms with van der Waals surface area (Å²) in [5, 5.41) is 0. The maximum Gasteiger partial charge on any atom is 0.119 e. The molecule has 2 aromatic rings. The SMILES string of the molecule is CCCCCCCc1cnc(-c2ccc(OC[C@H]3CC[C@H](CCCCC)CC3)cc2)cn1. The van der Waals surface area contributed by atoms with Crippen molar-refractivity contribution < 1.29 is 4.74 Å². The second kappa shape index (κ2) is 14.3. The first kappa shape index (κ1) is 24.7. The largest absolute Gasteiger partial charge is 0.493 e. The molecule has 32 heavy (non-hydrogen) atoms. The summed E-state index contributed by atoms with van der Waals surface area (Å²) >= 11 is 0. The van der Waals surface area contributed by atoms with E-state index in [-0.39, 0.29) is 0 Å². The van der Waals surface area contributed by atoms with E-state index in [1.165, 1.54) is 83.5 Å². The van der Waals surface area contributed by atoms with E-state index < -0.39 is 0 Å². The molecule has 0 aliphatic heterocycles. The van der Waals surface area contributed by atoms with Gasteiger partial charge in [0.05, 0.1) is 24.2 Å². The van der Waals surface area contributed by atoms with Gasteiger partial charge >= 0.3 is 0 Å². The van der Waals surface area contributed by atoms with Crippen molar-refractivity contribution in [3.05, 3.63) is 42.4 Å². The fraction of sp³-hybridized carbons (Fsp3) is 0.655. The third kappa shape index (κ3) is 8.56. The number of aryl methyl sites for hydroxylation is 1. The molecule has 0 unspecified atom stereocenters. The predicted molar refractivity (Wildman–Crippen MR) is 135 cm³/mol. The van der Waals surface area contributed by atoms with Crippen LogP contribution in [0.1, 0.15) is 103 Å². The van der Waals surface area contributed by atoms with Crippen LogP contribution in [0.25, 0.3) is 11.3 Å². The molecule has 1 saturated carbocycles. The Balaban J connectivity index is 1.38. The molecular formula is C29H44N2O. The first-order chi connectivity index (χ1) is 15.8. The van der Waals surface area contributed by atoms with Crippen LogP contribution in [-0.2, 0) is 6.42 Å². The second-order valence-electron chi connectivity index (χ2n) is 9.78. The summed E-state index contributed by atoms with van der Waals surface area (Å²) in [4.78, 5) is 9.27. The van der Waals surface area contributed by atoms with E-state index in [0.29, 0.717) is 0 Å². The maximum absolute atomic E-state index is 6.13. The molecule has 1 fully saturated rings. The summed E-state index contributed by atoms with van der Waals surface area (Å²) < 4.78 is 6.13. The molecule has 0 atom stereocenters. The number of nitrogens with zero attached hydrogens (tertiary/aromatic N) is 2. The lowest BCUT2D eigenvalue weighted by molar-refractivity contribution is 0.177. The van der Waals surface area contributed by atoms with E-state index in [4.69, 9.17) is 4.74 Å². The van der Waals surface area contributed by atoms with Crippen molar-refractivity contribution in [3.8, 4) is 17.0 Å². The number of unbranched alkanes of at least 4 members (excludes halogenated alkanes) is 6. The topological polar surface area (TPSA) is 35.0 Å². The quantitative estimate of drug-likeness (QED) is 0.279. The van der Waals surface area contributed by atoms with Crippen LogP contribution in [0, 0.1) is 11.8 Å². The van der Waals surface area contributed by atoms with Crippen LogP contribution in [0.15, 0.2) is 36.7 Å². The van der Waals surface area contributed by atoms with Gasteiger partial charge in [0, 0.05) is 11.8 Å². The molecule has 1 heterocycles. The average molecular weight is 437 g/mol. The van der Waals surface area contributed by atoms with Gasteiger partial charge in [-0.3, -0.25) is 9.97 Å². The Morgan fingerprint density at radius 2 is 1.44 bits per heavy atom. The number of rotatable bonds is 14. The lowest BCUT2D eigenvalue weighted by atomic mass is 9.80. The summed E-state index contributed by atoms with van der Waals surface area (Å²) in [6.07, 6.45) is 22.4. The standard InChI is InChI=1S/C29H44N2O/c1-3-5-7-8-10-12-27-21-31-29(22-30-27)26-17-19-28(20-18-26)32-23-25-15-13-24(14-16-25)11-9-6-4-2/h17-22,24-25H,3-16,23H2,1-2H3/t24-,25-. The van der Waals surface area contributed by atoms with Gasteiger partial charge in [-0.25, -0.2) is 0 Å². The van der Waals surface area contributed by atoms with Crippen LogP contribution in [-0.4, -0.2) is 16.6 Å². The normalized spacial score (nSPS) is 18.6. The van der Waals surface area contributed by atoms with E-state index in [1.807, 2.05) is 12.4 Å². The van der Waals surface area contributed by atoms with Gasteiger partial charge in [-0.2, -0.15) is 0 Å². The minimum atomic E-state index is 0.720. The molecule has 0 N–H and O–H groups in total.